The van der Waals surface area contributed by atoms with Crippen LogP contribution in [-0.4, -0.2) is 11.4 Å². The topological polar surface area (TPSA) is 37.3 Å². The Morgan fingerprint density at radius 3 is 2.36 bits per heavy atom. The molecule has 0 aliphatic rings. The molecule has 1 N–H and O–H groups in total. The van der Waals surface area contributed by atoms with Gasteiger partial charge in [0.05, 0.1) is 0 Å². The molecule has 0 radical (unpaired) electrons. The van der Waals surface area contributed by atoms with Gasteiger partial charge in [0, 0.05) is 0 Å². The van der Waals surface area contributed by atoms with Gasteiger partial charge in [-0.2, -0.15) is 0 Å². The molecule has 0 heterocycles. The summed E-state index contributed by atoms with van der Waals surface area (Å²) in [5.74, 6) is 0. The van der Waals surface area contributed by atoms with E-state index in [-0.39, 0.29) is 52.8 Å². The molecule has 1 aromatic rings. The maximum Gasteiger partial charge on any atom is 1.00 e. The SMILES string of the molecule is O=CC(O)c1ccccc1.[H-].[K+]. The molecule has 0 aromatic heterocycles. The van der Waals surface area contributed by atoms with Crippen molar-refractivity contribution in [1.29, 1.82) is 0 Å². The summed E-state index contributed by atoms with van der Waals surface area (Å²) in [7, 11) is 0. The second-order valence-corrected chi connectivity index (χ2v) is 1.99. The van der Waals surface area contributed by atoms with Gasteiger partial charge in [0.2, 0.25) is 0 Å². The Bertz CT molecular complexity index is 216. The van der Waals surface area contributed by atoms with Crippen LogP contribution in [0.5, 0.6) is 0 Å². The number of aliphatic hydroxyl groups excluding tert-OH is 1. The molecule has 11 heavy (non-hydrogen) atoms. The van der Waals surface area contributed by atoms with Crippen molar-refractivity contribution in [3.63, 3.8) is 0 Å². The Hall–Kier alpha value is 0.486. The normalized spacial score (nSPS) is 11.4. The predicted octanol–water partition coefficient (Wildman–Crippen LogP) is -1.96. The first-order valence-electron chi connectivity index (χ1n) is 3.03. The number of aldehydes is 1. The second-order valence-electron chi connectivity index (χ2n) is 1.99. The van der Waals surface area contributed by atoms with Crippen molar-refractivity contribution >= 4 is 6.29 Å². The van der Waals surface area contributed by atoms with Crippen molar-refractivity contribution in [2.24, 2.45) is 0 Å². The van der Waals surface area contributed by atoms with E-state index in [0.29, 0.717) is 11.8 Å². The van der Waals surface area contributed by atoms with Crippen molar-refractivity contribution in [1.82, 2.24) is 0 Å². The van der Waals surface area contributed by atoms with Crippen molar-refractivity contribution < 1.29 is 62.7 Å². The number of benzene rings is 1. The first-order valence-corrected chi connectivity index (χ1v) is 3.03. The van der Waals surface area contributed by atoms with Gasteiger partial charge in [-0.25, -0.2) is 0 Å². The Labute approximate surface area is 110 Å². The summed E-state index contributed by atoms with van der Waals surface area (Å²) in [5.41, 5.74) is 0.637. The fourth-order valence-corrected chi connectivity index (χ4v) is 0.729. The molecule has 0 spiro atoms. The molecule has 1 unspecified atom stereocenters. The van der Waals surface area contributed by atoms with Crippen molar-refractivity contribution in [2.75, 3.05) is 0 Å². The molecule has 0 bridgehead atoms. The van der Waals surface area contributed by atoms with Gasteiger partial charge in [0.15, 0.2) is 6.29 Å². The molecule has 2 nitrogen and oxygen atoms in total. The summed E-state index contributed by atoms with van der Waals surface area (Å²) in [4.78, 5) is 10.1. The number of aliphatic hydroxyl groups is 1. The van der Waals surface area contributed by atoms with E-state index in [9.17, 15) is 4.79 Å². The Morgan fingerprint density at radius 2 is 1.91 bits per heavy atom. The number of carbonyl (C=O) groups is 1. The third-order valence-corrected chi connectivity index (χ3v) is 1.27. The molecule has 0 fully saturated rings. The predicted molar refractivity (Wildman–Crippen MR) is 38.6 cm³/mol. The molecule has 1 aromatic carbocycles. The van der Waals surface area contributed by atoms with Gasteiger partial charge in [0.1, 0.15) is 6.10 Å². The van der Waals surface area contributed by atoms with Gasteiger partial charge in [-0.3, -0.25) is 0 Å². The molecule has 0 aliphatic carbocycles. The standard InChI is InChI=1S/C8H8O2.K.H/c9-6-8(10)7-4-2-1-3-5-7;;/h1-6,8,10H;;/q;+1;-1. The van der Waals surface area contributed by atoms with Crippen LogP contribution in [-0.2, 0) is 4.79 Å². The largest absolute Gasteiger partial charge is 1.00 e. The summed E-state index contributed by atoms with van der Waals surface area (Å²) in [6.07, 6.45) is -0.462. The van der Waals surface area contributed by atoms with E-state index in [4.69, 9.17) is 5.11 Å². The van der Waals surface area contributed by atoms with E-state index in [1.807, 2.05) is 6.07 Å². The van der Waals surface area contributed by atoms with Crippen molar-refractivity contribution in [3.05, 3.63) is 35.9 Å². The summed E-state index contributed by atoms with van der Waals surface area (Å²) in [6.45, 7) is 0. The fourth-order valence-electron chi connectivity index (χ4n) is 0.729. The van der Waals surface area contributed by atoms with Gasteiger partial charge < -0.3 is 11.3 Å². The van der Waals surface area contributed by atoms with Gasteiger partial charge in [-0.1, -0.05) is 30.3 Å². The first-order chi connectivity index (χ1) is 4.84. The summed E-state index contributed by atoms with van der Waals surface area (Å²) in [5, 5.41) is 8.96. The van der Waals surface area contributed by atoms with Crippen molar-refractivity contribution in [2.45, 2.75) is 6.10 Å². The first kappa shape index (κ1) is 11.5. The maximum absolute atomic E-state index is 10.1. The molecule has 3 heteroatoms. The van der Waals surface area contributed by atoms with Crippen LogP contribution in [0.3, 0.4) is 0 Å². The van der Waals surface area contributed by atoms with E-state index < -0.39 is 6.10 Å². The molecule has 0 aliphatic heterocycles. The molecule has 0 saturated heterocycles. The van der Waals surface area contributed by atoms with Gasteiger partial charge in [-0.15, -0.1) is 0 Å². The molecule has 1 atom stereocenters. The van der Waals surface area contributed by atoms with Crippen molar-refractivity contribution in [3.8, 4) is 0 Å². The van der Waals surface area contributed by atoms with Crippen LogP contribution < -0.4 is 51.4 Å². The fraction of sp³-hybridized carbons (Fsp3) is 0.125. The van der Waals surface area contributed by atoms with E-state index >= 15 is 0 Å². The number of hydrogen-bond acceptors (Lipinski definition) is 2. The molecule has 1 rings (SSSR count). The van der Waals surface area contributed by atoms with Crippen LogP contribution >= 0.6 is 0 Å². The minimum Gasteiger partial charge on any atom is -1.00 e. The zero-order valence-corrected chi connectivity index (χ0v) is 9.52. The monoisotopic (exact) mass is 176 g/mol. The molecular formula is C8H9KO2. The van der Waals surface area contributed by atoms with Crippen LogP contribution in [0.2, 0.25) is 0 Å². The van der Waals surface area contributed by atoms with E-state index in [1.165, 1.54) is 0 Å². The zero-order chi connectivity index (χ0) is 7.40. The summed E-state index contributed by atoms with van der Waals surface area (Å²) >= 11 is 0. The third-order valence-electron chi connectivity index (χ3n) is 1.27. The van der Waals surface area contributed by atoms with Gasteiger partial charge >= 0.3 is 51.4 Å². The average Bonchev–Trinajstić information content (AvgIpc) is 2.05. The van der Waals surface area contributed by atoms with Gasteiger partial charge in [-0.05, 0) is 5.56 Å². The minimum absolute atomic E-state index is 0. The van der Waals surface area contributed by atoms with Crippen LogP contribution in [0, 0.1) is 0 Å². The smallest absolute Gasteiger partial charge is 1.00 e. The van der Waals surface area contributed by atoms with Crippen LogP contribution in [0.1, 0.15) is 13.1 Å². The van der Waals surface area contributed by atoms with Crippen LogP contribution in [0.4, 0.5) is 0 Å². The zero-order valence-electron chi connectivity index (χ0n) is 7.40. The molecule has 54 valence electrons. The van der Waals surface area contributed by atoms with Crippen LogP contribution in [0.25, 0.3) is 0 Å². The van der Waals surface area contributed by atoms with E-state index in [0.717, 1.165) is 0 Å². The van der Waals surface area contributed by atoms with E-state index in [1.54, 1.807) is 24.3 Å². The number of hydrogen-bond donors (Lipinski definition) is 1. The van der Waals surface area contributed by atoms with Gasteiger partial charge in [0.25, 0.3) is 0 Å². The summed E-state index contributed by atoms with van der Waals surface area (Å²) in [6, 6.07) is 8.81. The second kappa shape index (κ2) is 6.05. The molecule has 0 amide bonds. The Balaban J connectivity index is 0. The molecule has 0 saturated carbocycles. The molecular weight excluding hydrogens is 167 g/mol. The number of carbonyl (C=O) groups excluding carboxylic acids is 1. The number of rotatable bonds is 2. The minimum atomic E-state index is -0.971. The Morgan fingerprint density at radius 1 is 1.36 bits per heavy atom. The summed E-state index contributed by atoms with van der Waals surface area (Å²) < 4.78 is 0. The maximum atomic E-state index is 10.1. The van der Waals surface area contributed by atoms with Crippen LogP contribution in [0.15, 0.2) is 30.3 Å². The third kappa shape index (κ3) is 3.60. The quantitative estimate of drug-likeness (QED) is 0.419. The average molecular weight is 176 g/mol. The van der Waals surface area contributed by atoms with E-state index in [2.05, 4.69) is 0 Å². The Kier molecular flexibility index (Phi) is 6.32.